The normalized spacial score (nSPS) is 17.3. The topological polar surface area (TPSA) is 85.3 Å². The average molecular weight is 576 g/mol. The minimum absolute atomic E-state index is 0.215. The second-order valence-electron chi connectivity index (χ2n) is 11.0. The average Bonchev–Trinajstić information content (AvgIpc) is 3.34. The molecule has 0 saturated carbocycles. The van der Waals surface area contributed by atoms with E-state index in [0.29, 0.717) is 26.3 Å². The molecule has 0 aliphatic carbocycles. The van der Waals surface area contributed by atoms with Crippen LogP contribution in [0.5, 0.6) is 11.5 Å². The first-order valence-electron chi connectivity index (χ1n) is 14.9. The van der Waals surface area contributed by atoms with Gasteiger partial charge in [0.05, 0.1) is 6.61 Å². The molecule has 0 bridgehead atoms. The molecule has 1 aromatic rings. The number of unbranched alkanes of at least 4 members (excludes halogenated alkanes) is 10. The number of nitrogens with zero attached hydrogens (tertiary/aromatic N) is 1. The van der Waals surface area contributed by atoms with E-state index in [1.807, 2.05) is 24.6 Å². The molecule has 1 N–H and O–H groups in total. The summed E-state index contributed by atoms with van der Waals surface area (Å²) in [5, 5.41) is 3.82. The number of thiophene rings is 1. The first-order chi connectivity index (χ1) is 18.3. The third kappa shape index (κ3) is 10.3. The molecule has 2 atom stereocenters. The van der Waals surface area contributed by atoms with Crippen molar-refractivity contribution in [2.75, 3.05) is 32.9 Å². The molecule has 0 spiro atoms. The monoisotopic (exact) mass is 575 g/mol. The number of hydrogen-bond acceptors (Lipinski definition) is 7. The van der Waals surface area contributed by atoms with Crippen molar-refractivity contribution in [3.63, 3.8) is 0 Å². The van der Waals surface area contributed by atoms with Crippen molar-refractivity contribution >= 4 is 21.5 Å². The number of ether oxygens (including phenoxy) is 3. The molecule has 1 aliphatic rings. The van der Waals surface area contributed by atoms with Gasteiger partial charge in [0.15, 0.2) is 22.5 Å². The van der Waals surface area contributed by atoms with Crippen molar-refractivity contribution in [1.82, 2.24) is 4.90 Å². The van der Waals surface area contributed by atoms with Crippen molar-refractivity contribution in [1.29, 1.82) is 0 Å². The third-order valence-corrected chi connectivity index (χ3v) is 10.2. The molecular formula is C29H53NO6S2. The predicted octanol–water partition coefficient (Wildman–Crippen LogP) is 7.56. The fourth-order valence-corrected chi connectivity index (χ4v) is 7.55. The summed E-state index contributed by atoms with van der Waals surface area (Å²) in [7, 11) is -4.37. The van der Waals surface area contributed by atoms with Gasteiger partial charge < -0.3 is 14.2 Å². The summed E-state index contributed by atoms with van der Waals surface area (Å²) in [6.45, 7) is 10.5. The van der Waals surface area contributed by atoms with Crippen molar-refractivity contribution in [2.24, 2.45) is 5.92 Å². The standard InChI is InChI=1S/C29H53NO6S2/c1-5-7-9-11-13-15-18-30(19-16-14-12-10-8-6-2)29(25(3)4,38(31,32)33)17-20-34-21-26-22-35-27-23-37-24-28(27)36-26/h23-26H,5-22H2,1-4H3,(H,31,32,33). The Balaban J connectivity index is 2.03. The van der Waals surface area contributed by atoms with Crippen LogP contribution in [0.3, 0.4) is 0 Å². The molecule has 2 rings (SSSR count). The summed E-state index contributed by atoms with van der Waals surface area (Å²) >= 11 is 1.53. The lowest BCUT2D eigenvalue weighted by Crippen LogP contribution is -2.59. The van der Waals surface area contributed by atoms with Crippen molar-refractivity contribution in [3.05, 3.63) is 10.8 Å². The Hall–Kier alpha value is -0.870. The smallest absolute Gasteiger partial charge is 0.284 e. The molecule has 1 aromatic heterocycles. The number of rotatable bonds is 22. The van der Waals surface area contributed by atoms with Crippen molar-refractivity contribution < 1.29 is 27.2 Å². The Morgan fingerprint density at radius 3 is 2.08 bits per heavy atom. The van der Waals surface area contributed by atoms with Crippen LogP contribution in [0, 0.1) is 5.92 Å². The highest BCUT2D eigenvalue weighted by Gasteiger charge is 2.50. The van der Waals surface area contributed by atoms with Crippen LogP contribution in [0.25, 0.3) is 0 Å². The van der Waals surface area contributed by atoms with Crippen LogP contribution >= 0.6 is 11.3 Å². The highest BCUT2D eigenvalue weighted by Crippen LogP contribution is 2.37. The predicted molar refractivity (Wildman–Crippen MR) is 157 cm³/mol. The fraction of sp³-hybridized carbons (Fsp3) is 0.862. The first kappa shape index (κ1) is 33.3. The van der Waals surface area contributed by atoms with Crippen LogP contribution < -0.4 is 9.47 Å². The Morgan fingerprint density at radius 1 is 0.974 bits per heavy atom. The summed E-state index contributed by atoms with van der Waals surface area (Å²) < 4.78 is 54.5. The maximum Gasteiger partial charge on any atom is 0.284 e. The lowest BCUT2D eigenvalue weighted by molar-refractivity contribution is -0.00577. The quantitative estimate of drug-likeness (QED) is 0.113. The molecule has 0 amide bonds. The zero-order valence-corrected chi connectivity index (χ0v) is 25.9. The summed E-state index contributed by atoms with van der Waals surface area (Å²) in [5.41, 5.74) is 0. The van der Waals surface area contributed by atoms with Crippen molar-refractivity contribution in [2.45, 2.75) is 122 Å². The number of fused-ring (bicyclic) bond motifs is 1. The Bertz CT molecular complexity index is 843. The second-order valence-corrected chi connectivity index (χ2v) is 13.4. The SMILES string of the molecule is CCCCCCCCN(CCCCCCCC)C(CCOCC1COc2cscc2O1)(C(C)C)S(=O)(=O)O. The second kappa shape index (κ2) is 17.7. The Labute approximate surface area is 236 Å². The Kier molecular flexibility index (Phi) is 15.6. The van der Waals surface area contributed by atoms with Crippen LogP contribution in [0.15, 0.2) is 10.8 Å². The van der Waals surface area contributed by atoms with Gasteiger partial charge >= 0.3 is 0 Å². The number of hydrogen-bond donors (Lipinski definition) is 1. The minimum atomic E-state index is -4.37. The molecular weight excluding hydrogens is 522 g/mol. The van der Waals surface area contributed by atoms with Gasteiger partial charge in [-0.25, -0.2) is 0 Å². The molecule has 7 nitrogen and oxygen atoms in total. The minimum Gasteiger partial charge on any atom is -0.485 e. The molecule has 0 saturated heterocycles. The van der Waals surface area contributed by atoms with Gasteiger partial charge in [-0.15, -0.1) is 11.3 Å². The maximum absolute atomic E-state index is 13.1. The van der Waals surface area contributed by atoms with Gasteiger partial charge in [-0.2, -0.15) is 8.42 Å². The van der Waals surface area contributed by atoms with Gasteiger partial charge in [0.25, 0.3) is 10.1 Å². The van der Waals surface area contributed by atoms with E-state index in [2.05, 4.69) is 18.7 Å². The van der Waals surface area contributed by atoms with E-state index in [1.165, 1.54) is 49.9 Å². The molecule has 38 heavy (non-hydrogen) atoms. The first-order valence-corrected chi connectivity index (χ1v) is 17.3. The highest BCUT2D eigenvalue weighted by molar-refractivity contribution is 7.87. The zero-order valence-electron chi connectivity index (χ0n) is 24.3. The van der Waals surface area contributed by atoms with E-state index in [0.717, 1.165) is 50.0 Å². The van der Waals surface area contributed by atoms with E-state index in [1.54, 1.807) is 0 Å². The van der Waals surface area contributed by atoms with Crippen LogP contribution in [-0.4, -0.2) is 61.8 Å². The van der Waals surface area contributed by atoms with Gasteiger partial charge in [0.1, 0.15) is 6.61 Å². The van der Waals surface area contributed by atoms with Crippen LogP contribution in [0.2, 0.25) is 0 Å². The molecule has 1 aliphatic heterocycles. The fourth-order valence-electron chi connectivity index (χ4n) is 5.43. The maximum atomic E-state index is 13.1. The van der Waals surface area contributed by atoms with E-state index in [9.17, 15) is 13.0 Å². The van der Waals surface area contributed by atoms with Gasteiger partial charge in [0, 0.05) is 23.8 Å². The molecule has 2 unspecified atom stereocenters. The third-order valence-electron chi connectivity index (χ3n) is 7.67. The van der Waals surface area contributed by atoms with Crippen molar-refractivity contribution in [3.8, 4) is 11.5 Å². The summed E-state index contributed by atoms with van der Waals surface area (Å²) in [5.74, 6) is 1.20. The summed E-state index contributed by atoms with van der Waals surface area (Å²) in [6, 6.07) is 0. The Morgan fingerprint density at radius 2 is 1.53 bits per heavy atom. The van der Waals surface area contributed by atoms with Crippen LogP contribution in [-0.2, 0) is 14.9 Å². The molecule has 0 aromatic carbocycles. The van der Waals surface area contributed by atoms with Gasteiger partial charge in [-0.3, -0.25) is 9.45 Å². The van der Waals surface area contributed by atoms with Gasteiger partial charge in [-0.1, -0.05) is 91.9 Å². The molecule has 222 valence electrons. The van der Waals surface area contributed by atoms with Crippen LogP contribution in [0.1, 0.15) is 111 Å². The lowest BCUT2D eigenvalue weighted by atomic mass is 9.96. The van der Waals surface area contributed by atoms with E-state index < -0.39 is 15.0 Å². The van der Waals surface area contributed by atoms with E-state index in [4.69, 9.17) is 14.2 Å². The zero-order chi connectivity index (χ0) is 27.9. The molecule has 2 heterocycles. The van der Waals surface area contributed by atoms with E-state index in [-0.39, 0.29) is 25.0 Å². The largest absolute Gasteiger partial charge is 0.485 e. The van der Waals surface area contributed by atoms with Gasteiger partial charge in [0.2, 0.25) is 0 Å². The van der Waals surface area contributed by atoms with E-state index >= 15 is 0 Å². The highest BCUT2D eigenvalue weighted by atomic mass is 32.2. The lowest BCUT2D eigenvalue weighted by Gasteiger charge is -2.44. The summed E-state index contributed by atoms with van der Waals surface area (Å²) in [6.07, 6.45) is 13.6. The summed E-state index contributed by atoms with van der Waals surface area (Å²) in [4.78, 5) is 0.693. The molecule has 0 radical (unpaired) electrons. The molecule has 0 fully saturated rings. The van der Waals surface area contributed by atoms with Crippen LogP contribution in [0.4, 0.5) is 0 Å². The molecule has 9 heteroatoms. The van der Waals surface area contributed by atoms with Gasteiger partial charge in [-0.05, 0) is 31.8 Å².